The average molecular weight is 402 g/mol. The van der Waals surface area contributed by atoms with Crippen molar-refractivity contribution in [2.24, 2.45) is 0 Å². The van der Waals surface area contributed by atoms with Gasteiger partial charge in [-0.05, 0) is 67.7 Å². The fraction of sp³-hybridized carbons (Fsp3) is 0.250. The van der Waals surface area contributed by atoms with E-state index in [0.29, 0.717) is 42.4 Å². The molecule has 0 saturated heterocycles. The Morgan fingerprint density at radius 1 is 0.964 bits per heavy atom. The van der Waals surface area contributed by atoms with Crippen molar-refractivity contribution in [2.45, 2.75) is 6.92 Å². The van der Waals surface area contributed by atoms with E-state index in [-0.39, 0.29) is 11.0 Å². The second kappa shape index (κ2) is 11.0. The van der Waals surface area contributed by atoms with Gasteiger partial charge in [0.15, 0.2) is 5.11 Å². The summed E-state index contributed by atoms with van der Waals surface area (Å²) in [5.74, 6) is -0.111. The van der Waals surface area contributed by atoms with Gasteiger partial charge in [-0.2, -0.15) is 0 Å². The molecule has 2 N–H and O–H groups in total. The number of benzene rings is 2. The Bertz CT molecular complexity index is 806. The Hall–Kier alpha value is -2.97. The molecule has 0 spiro atoms. The summed E-state index contributed by atoms with van der Waals surface area (Å²) in [6, 6.07) is 13.3. The number of methoxy groups -OCH3 is 1. The number of carbonyl (C=O) groups excluding carboxylic acids is 2. The van der Waals surface area contributed by atoms with Crippen molar-refractivity contribution in [3.63, 3.8) is 0 Å². The molecule has 0 aliphatic heterocycles. The van der Waals surface area contributed by atoms with Crippen LogP contribution in [0, 0.1) is 0 Å². The molecule has 148 valence electrons. The highest BCUT2D eigenvalue weighted by atomic mass is 32.1. The molecule has 2 aromatic rings. The van der Waals surface area contributed by atoms with Crippen molar-refractivity contribution < 1.29 is 23.8 Å². The van der Waals surface area contributed by atoms with Crippen LogP contribution in [0.1, 0.15) is 27.6 Å². The van der Waals surface area contributed by atoms with Crippen LogP contribution in [0.25, 0.3) is 0 Å². The summed E-state index contributed by atoms with van der Waals surface area (Å²) in [7, 11) is 1.32. The van der Waals surface area contributed by atoms with Crippen LogP contribution >= 0.6 is 12.2 Å². The number of rotatable bonds is 8. The van der Waals surface area contributed by atoms with Crippen molar-refractivity contribution >= 4 is 34.9 Å². The molecule has 2 aromatic carbocycles. The minimum Gasteiger partial charge on any atom is -0.491 e. The molecular formula is C20H22N2O5S. The largest absolute Gasteiger partial charge is 0.491 e. The summed E-state index contributed by atoms with van der Waals surface area (Å²) in [4.78, 5) is 23.7. The molecule has 0 saturated carbocycles. The highest BCUT2D eigenvalue weighted by Crippen LogP contribution is 2.13. The lowest BCUT2D eigenvalue weighted by atomic mass is 10.2. The Kier molecular flexibility index (Phi) is 8.38. The summed E-state index contributed by atoms with van der Waals surface area (Å²) >= 11 is 5.15. The molecule has 0 bridgehead atoms. The van der Waals surface area contributed by atoms with E-state index in [9.17, 15) is 9.59 Å². The van der Waals surface area contributed by atoms with Crippen molar-refractivity contribution in [1.82, 2.24) is 5.32 Å². The molecule has 0 fully saturated rings. The van der Waals surface area contributed by atoms with Crippen LogP contribution < -0.4 is 15.4 Å². The normalized spacial score (nSPS) is 10.1. The maximum absolute atomic E-state index is 12.3. The van der Waals surface area contributed by atoms with Crippen molar-refractivity contribution in [2.75, 3.05) is 32.2 Å². The van der Waals surface area contributed by atoms with Gasteiger partial charge in [0, 0.05) is 17.9 Å². The molecule has 28 heavy (non-hydrogen) atoms. The standard InChI is InChI=1S/C20H22N2O5S/c1-3-26-12-13-27-17-10-6-14(7-11-17)18(23)22-20(28)21-16-8-4-15(5-9-16)19(24)25-2/h4-11H,3,12-13H2,1-2H3,(H2,21,22,23,28). The average Bonchev–Trinajstić information content (AvgIpc) is 2.71. The number of anilines is 1. The molecule has 0 aromatic heterocycles. The lowest BCUT2D eigenvalue weighted by Crippen LogP contribution is -2.34. The highest BCUT2D eigenvalue weighted by molar-refractivity contribution is 7.80. The fourth-order valence-corrected chi connectivity index (χ4v) is 2.42. The SMILES string of the molecule is CCOCCOc1ccc(C(=O)NC(=S)Nc2ccc(C(=O)OC)cc2)cc1. The lowest BCUT2D eigenvalue weighted by Gasteiger charge is -2.11. The molecule has 0 aliphatic carbocycles. The number of thiocarbonyl (C=S) groups is 1. The molecule has 0 atom stereocenters. The number of nitrogens with one attached hydrogen (secondary N) is 2. The molecule has 0 heterocycles. The Balaban J connectivity index is 1.84. The van der Waals surface area contributed by atoms with E-state index in [1.165, 1.54) is 7.11 Å². The molecule has 7 nitrogen and oxygen atoms in total. The van der Waals surface area contributed by atoms with Crippen LogP contribution in [0.3, 0.4) is 0 Å². The molecular weight excluding hydrogens is 380 g/mol. The zero-order valence-corrected chi connectivity index (χ0v) is 16.5. The molecule has 2 rings (SSSR count). The van der Waals surface area contributed by atoms with Crippen LogP contribution in [0.15, 0.2) is 48.5 Å². The van der Waals surface area contributed by atoms with E-state index in [1.807, 2.05) is 6.92 Å². The maximum atomic E-state index is 12.3. The number of hydrogen-bond acceptors (Lipinski definition) is 6. The van der Waals surface area contributed by atoms with E-state index in [1.54, 1.807) is 48.5 Å². The number of amides is 1. The summed E-state index contributed by atoms with van der Waals surface area (Å²) in [6.07, 6.45) is 0. The second-order valence-corrected chi connectivity index (χ2v) is 5.96. The number of hydrogen-bond donors (Lipinski definition) is 2. The number of carbonyl (C=O) groups is 2. The Morgan fingerprint density at radius 3 is 2.21 bits per heavy atom. The summed E-state index contributed by atoms with van der Waals surface area (Å²) in [5, 5.41) is 5.63. The van der Waals surface area contributed by atoms with E-state index < -0.39 is 5.97 Å². The van der Waals surface area contributed by atoms with E-state index >= 15 is 0 Å². The molecule has 0 unspecified atom stereocenters. The number of ether oxygens (including phenoxy) is 3. The zero-order valence-electron chi connectivity index (χ0n) is 15.7. The van der Waals surface area contributed by atoms with Gasteiger partial charge in [0.2, 0.25) is 0 Å². The van der Waals surface area contributed by atoms with Crippen LogP contribution in [-0.2, 0) is 9.47 Å². The van der Waals surface area contributed by atoms with Gasteiger partial charge < -0.3 is 19.5 Å². The first-order valence-corrected chi connectivity index (χ1v) is 9.05. The summed E-state index contributed by atoms with van der Waals surface area (Å²) in [6.45, 7) is 3.53. The summed E-state index contributed by atoms with van der Waals surface area (Å²) in [5.41, 5.74) is 1.50. The Labute approximate surface area is 169 Å². The van der Waals surface area contributed by atoms with Crippen LogP contribution in [0.4, 0.5) is 5.69 Å². The van der Waals surface area contributed by atoms with Crippen molar-refractivity contribution in [3.8, 4) is 5.75 Å². The first-order valence-electron chi connectivity index (χ1n) is 8.64. The third kappa shape index (κ3) is 6.64. The fourth-order valence-electron chi connectivity index (χ4n) is 2.21. The first kappa shape index (κ1) is 21.3. The van der Waals surface area contributed by atoms with E-state index in [4.69, 9.17) is 21.7 Å². The summed E-state index contributed by atoms with van der Waals surface area (Å²) < 4.78 is 15.4. The van der Waals surface area contributed by atoms with E-state index in [2.05, 4.69) is 15.4 Å². The maximum Gasteiger partial charge on any atom is 0.337 e. The van der Waals surface area contributed by atoms with Gasteiger partial charge >= 0.3 is 5.97 Å². The van der Waals surface area contributed by atoms with Crippen LogP contribution in [0.2, 0.25) is 0 Å². The van der Waals surface area contributed by atoms with Gasteiger partial charge in [-0.1, -0.05) is 0 Å². The van der Waals surface area contributed by atoms with Gasteiger partial charge in [-0.3, -0.25) is 10.1 Å². The minimum atomic E-state index is -0.423. The quantitative estimate of drug-likeness (QED) is 0.399. The smallest absolute Gasteiger partial charge is 0.337 e. The van der Waals surface area contributed by atoms with Crippen LogP contribution in [-0.4, -0.2) is 43.9 Å². The molecule has 8 heteroatoms. The molecule has 0 radical (unpaired) electrons. The third-order valence-corrected chi connectivity index (χ3v) is 3.81. The van der Waals surface area contributed by atoms with Gasteiger partial charge in [0.25, 0.3) is 5.91 Å². The van der Waals surface area contributed by atoms with Gasteiger partial charge in [-0.25, -0.2) is 4.79 Å². The van der Waals surface area contributed by atoms with Crippen molar-refractivity contribution in [3.05, 3.63) is 59.7 Å². The third-order valence-electron chi connectivity index (χ3n) is 3.61. The highest BCUT2D eigenvalue weighted by Gasteiger charge is 2.09. The minimum absolute atomic E-state index is 0.146. The molecule has 1 amide bonds. The van der Waals surface area contributed by atoms with Crippen LogP contribution in [0.5, 0.6) is 5.75 Å². The topological polar surface area (TPSA) is 85.9 Å². The van der Waals surface area contributed by atoms with Gasteiger partial charge in [0.1, 0.15) is 12.4 Å². The van der Waals surface area contributed by atoms with E-state index in [0.717, 1.165) is 0 Å². The lowest BCUT2D eigenvalue weighted by molar-refractivity contribution is 0.0600. The Morgan fingerprint density at radius 2 is 1.61 bits per heavy atom. The second-order valence-electron chi connectivity index (χ2n) is 5.55. The predicted octanol–water partition coefficient (Wildman–Crippen LogP) is 3.02. The monoisotopic (exact) mass is 402 g/mol. The van der Waals surface area contributed by atoms with Gasteiger partial charge in [-0.15, -0.1) is 0 Å². The number of esters is 1. The molecule has 0 aliphatic rings. The van der Waals surface area contributed by atoms with Gasteiger partial charge in [0.05, 0.1) is 19.3 Å². The zero-order chi connectivity index (χ0) is 20.4. The van der Waals surface area contributed by atoms with Crippen molar-refractivity contribution in [1.29, 1.82) is 0 Å². The first-order chi connectivity index (χ1) is 13.5. The predicted molar refractivity (Wildman–Crippen MR) is 110 cm³/mol.